The molecule has 0 spiro atoms. The molecule has 30 heavy (non-hydrogen) atoms. The highest BCUT2D eigenvalue weighted by molar-refractivity contribution is 5.79. The number of hydrogen-bond acceptors (Lipinski definition) is 7. The lowest BCUT2D eigenvalue weighted by molar-refractivity contribution is 0.296. The van der Waals surface area contributed by atoms with Gasteiger partial charge in [-0.2, -0.15) is 5.10 Å². The van der Waals surface area contributed by atoms with Crippen molar-refractivity contribution >= 4 is 22.5 Å². The molecule has 1 aromatic carbocycles. The molecule has 5 rings (SSSR count). The monoisotopic (exact) mass is 403 g/mol. The zero-order valence-electron chi connectivity index (χ0n) is 15.9. The fourth-order valence-corrected chi connectivity index (χ4v) is 3.08. The number of aryl methyl sites for hydroxylation is 1. The molecule has 0 saturated heterocycles. The number of rotatable bonds is 6. The molecule has 0 atom stereocenters. The van der Waals surface area contributed by atoms with Crippen LogP contribution in [0.5, 0.6) is 5.75 Å². The van der Waals surface area contributed by atoms with Crippen LogP contribution >= 0.6 is 0 Å². The second-order valence-electron chi connectivity index (χ2n) is 6.66. The second-order valence-corrected chi connectivity index (χ2v) is 6.66. The SMILES string of the molecule is Cc1cc(Nc2cc(-c3ccco3)[nH]n2)nc(COc2ccc3[nH][nH]c(=O)c3c2)n1. The van der Waals surface area contributed by atoms with Crippen molar-refractivity contribution in [2.45, 2.75) is 13.5 Å². The van der Waals surface area contributed by atoms with Crippen LogP contribution in [-0.2, 0) is 6.61 Å². The first-order valence-corrected chi connectivity index (χ1v) is 9.18. The molecular formula is C20H17N7O3. The van der Waals surface area contributed by atoms with Crippen LogP contribution in [0.4, 0.5) is 11.6 Å². The number of ether oxygens (including phenoxy) is 1. The number of H-pyrrole nitrogens is 3. The van der Waals surface area contributed by atoms with Crippen molar-refractivity contribution in [1.29, 1.82) is 0 Å². The first-order chi connectivity index (χ1) is 14.6. The third kappa shape index (κ3) is 3.53. The van der Waals surface area contributed by atoms with Crippen LogP contribution in [0, 0.1) is 6.92 Å². The molecule has 0 radical (unpaired) electrons. The van der Waals surface area contributed by atoms with E-state index in [-0.39, 0.29) is 12.2 Å². The number of aromatic amines is 3. The van der Waals surface area contributed by atoms with Gasteiger partial charge in [-0.3, -0.25) is 20.1 Å². The maximum absolute atomic E-state index is 11.8. The number of anilines is 2. The number of fused-ring (bicyclic) bond motifs is 1. The van der Waals surface area contributed by atoms with Crippen molar-refractivity contribution in [3.8, 4) is 17.2 Å². The predicted octanol–water partition coefficient (Wildman–Crippen LogP) is 3.26. The van der Waals surface area contributed by atoms with Crippen LogP contribution in [0.25, 0.3) is 22.4 Å². The molecule has 10 heteroatoms. The Balaban J connectivity index is 1.31. The minimum absolute atomic E-state index is 0.155. The van der Waals surface area contributed by atoms with Crippen LogP contribution in [-0.4, -0.2) is 30.4 Å². The first-order valence-electron chi connectivity index (χ1n) is 9.18. The van der Waals surface area contributed by atoms with Crippen LogP contribution in [0.1, 0.15) is 11.5 Å². The van der Waals surface area contributed by atoms with Crippen LogP contribution in [0.2, 0.25) is 0 Å². The van der Waals surface area contributed by atoms with Crippen LogP contribution < -0.4 is 15.6 Å². The predicted molar refractivity (Wildman–Crippen MR) is 110 cm³/mol. The third-order valence-electron chi connectivity index (χ3n) is 4.44. The van der Waals surface area contributed by atoms with Gasteiger partial charge in [-0.25, -0.2) is 9.97 Å². The van der Waals surface area contributed by atoms with Gasteiger partial charge in [0.2, 0.25) is 0 Å². The summed E-state index contributed by atoms with van der Waals surface area (Å²) in [6.45, 7) is 2.03. The van der Waals surface area contributed by atoms with E-state index in [4.69, 9.17) is 9.15 Å². The summed E-state index contributed by atoms with van der Waals surface area (Å²) in [4.78, 5) is 20.7. The topological polar surface area (TPSA) is 138 Å². The minimum Gasteiger partial charge on any atom is -0.486 e. The Hall–Kier alpha value is -4.34. The average Bonchev–Trinajstić information content (AvgIpc) is 3.48. The fraction of sp³-hybridized carbons (Fsp3) is 0.100. The maximum Gasteiger partial charge on any atom is 0.271 e. The Labute approximate surface area is 169 Å². The van der Waals surface area contributed by atoms with Gasteiger partial charge in [0.1, 0.15) is 23.9 Å². The Morgan fingerprint density at radius 3 is 2.90 bits per heavy atom. The van der Waals surface area contributed by atoms with Gasteiger partial charge in [0.15, 0.2) is 17.4 Å². The Morgan fingerprint density at radius 1 is 1.10 bits per heavy atom. The van der Waals surface area contributed by atoms with E-state index in [0.29, 0.717) is 34.4 Å². The normalized spacial score (nSPS) is 11.1. The van der Waals surface area contributed by atoms with Gasteiger partial charge in [0.05, 0.1) is 17.2 Å². The van der Waals surface area contributed by atoms with E-state index in [0.717, 1.165) is 16.9 Å². The van der Waals surface area contributed by atoms with Crippen molar-refractivity contribution in [2.75, 3.05) is 5.32 Å². The van der Waals surface area contributed by atoms with Gasteiger partial charge in [-0.05, 0) is 37.3 Å². The van der Waals surface area contributed by atoms with Crippen molar-refractivity contribution in [3.05, 3.63) is 70.6 Å². The van der Waals surface area contributed by atoms with Gasteiger partial charge in [0, 0.05) is 17.8 Å². The fourth-order valence-electron chi connectivity index (χ4n) is 3.08. The van der Waals surface area contributed by atoms with Gasteiger partial charge in [0.25, 0.3) is 5.56 Å². The van der Waals surface area contributed by atoms with E-state index in [1.807, 2.05) is 31.2 Å². The van der Waals surface area contributed by atoms with Gasteiger partial charge in [-0.15, -0.1) is 0 Å². The van der Waals surface area contributed by atoms with Gasteiger partial charge in [-0.1, -0.05) is 0 Å². The van der Waals surface area contributed by atoms with E-state index in [9.17, 15) is 4.79 Å². The highest BCUT2D eigenvalue weighted by Gasteiger charge is 2.09. The number of nitrogens with one attached hydrogen (secondary N) is 4. The molecule has 4 aromatic heterocycles. The Morgan fingerprint density at radius 2 is 2.03 bits per heavy atom. The summed E-state index contributed by atoms with van der Waals surface area (Å²) in [5.74, 6) is 2.95. The summed E-state index contributed by atoms with van der Waals surface area (Å²) >= 11 is 0. The van der Waals surface area contributed by atoms with Gasteiger partial charge < -0.3 is 14.5 Å². The number of benzene rings is 1. The van der Waals surface area contributed by atoms with E-state index in [1.54, 1.807) is 24.5 Å². The average molecular weight is 403 g/mol. The summed E-state index contributed by atoms with van der Waals surface area (Å²) in [5.41, 5.74) is 2.07. The largest absolute Gasteiger partial charge is 0.486 e. The lowest BCUT2D eigenvalue weighted by Gasteiger charge is -2.08. The minimum atomic E-state index is -0.193. The smallest absolute Gasteiger partial charge is 0.271 e. The third-order valence-corrected chi connectivity index (χ3v) is 4.44. The number of furan rings is 1. The second kappa shape index (κ2) is 7.24. The molecule has 0 aliphatic heterocycles. The molecule has 4 heterocycles. The molecule has 0 aliphatic carbocycles. The zero-order valence-corrected chi connectivity index (χ0v) is 15.9. The molecule has 150 valence electrons. The molecule has 4 N–H and O–H groups in total. The first kappa shape index (κ1) is 17.7. The number of nitrogens with zero attached hydrogens (tertiary/aromatic N) is 3. The van der Waals surface area contributed by atoms with Crippen molar-refractivity contribution in [3.63, 3.8) is 0 Å². The summed E-state index contributed by atoms with van der Waals surface area (Å²) in [7, 11) is 0. The molecule has 5 aromatic rings. The van der Waals surface area contributed by atoms with Crippen LogP contribution in [0.15, 0.2) is 57.9 Å². The molecule has 0 unspecified atom stereocenters. The van der Waals surface area contributed by atoms with E-state index < -0.39 is 0 Å². The highest BCUT2D eigenvalue weighted by Crippen LogP contribution is 2.22. The zero-order chi connectivity index (χ0) is 20.5. The maximum atomic E-state index is 11.8. The lowest BCUT2D eigenvalue weighted by Crippen LogP contribution is -2.06. The molecule has 0 aliphatic rings. The standard InChI is InChI=1S/C20H17N7O3/c1-11-7-17(22-18-9-15(25-26-18)16-3-2-6-29-16)23-19(21-11)10-30-12-4-5-14-13(8-12)20(28)27-24-14/h2-9H,10H2,1H3,(H2,24,27,28)(H2,21,22,23,25,26). The molecule has 0 bridgehead atoms. The van der Waals surface area contributed by atoms with Gasteiger partial charge >= 0.3 is 0 Å². The number of hydrogen-bond donors (Lipinski definition) is 4. The summed E-state index contributed by atoms with van der Waals surface area (Å²) in [6.07, 6.45) is 1.60. The van der Waals surface area contributed by atoms with Crippen molar-refractivity contribution in [1.82, 2.24) is 30.4 Å². The molecule has 0 amide bonds. The Bertz CT molecular complexity index is 1360. The summed E-state index contributed by atoms with van der Waals surface area (Å²) < 4.78 is 11.1. The summed E-state index contributed by atoms with van der Waals surface area (Å²) in [6, 6.07) is 12.5. The van der Waals surface area contributed by atoms with E-state index in [1.165, 1.54) is 0 Å². The van der Waals surface area contributed by atoms with Crippen LogP contribution in [0.3, 0.4) is 0 Å². The quantitative estimate of drug-likeness (QED) is 0.341. The lowest BCUT2D eigenvalue weighted by atomic mass is 10.2. The number of aromatic nitrogens is 6. The molecule has 0 fully saturated rings. The van der Waals surface area contributed by atoms with Crippen molar-refractivity contribution in [2.24, 2.45) is 0 Å². The highest BCUT2D eigenvalue weighted by atomic mass is 16.5. The molecule has 0 saturated carbocycles. The Kier molecular flexibility index (Phi) is 4.28. The molecule has 10 nitrogen and oxygen atoms in total. The summed E-state index contributed by atoms with van der Waals surface area (Å²) in [5, 5.41) is 16.2. The van der Waals surface area contributed by atoms with E-state index in [2.05, 4.69) is 35.7 Å². The van der Waals surface area contributed by atoms with Crippen molar-refractivity contribution < 1.29 is 9.15 Å². The van der Waals surface area contributed by atoms with E-state index >= 15 is 0 Å². The molecular weight excluding hydrogens is 386 g/mol.